The van der Waals surface area contributed by atoms with Crippen molar-refractivity contribution in [2.75, 3.05) is 0 Å². The van der Waals surface area contributed by atoms with E-state index >= 15 is 0 Å². The van der Waals surface area contributed by atoms with Crippen molar-refractivity contribution < 1.29 is 23.2 Å². The molecule has 20 heavy (non-hydrogen) atoms. The number of carbonyl (C=O) groups is 1. The van der Waals surface area contributed by atoms with Crippen LogP contribution in [0.5, 0.6) is 0 Å². The van der Waals surface area contributed by atoms with Crippen LogP contribution in [0.15, 0.2) is 12.1 Å². The maximum atomic E-state index is 13.8. The van der Waals surface area contributed by atoms with E-state index in [9.17, 15) is 23.7 Å². The molecule has 1 aromatic carbocycles. The zero-order chi connectivity index (χ0) is 14.7. The van der Waals surface area contributed by atoms with Crippen LogP contribution in [-0.2, 0) is 4.74 Å². The predicted molar refractivity (Wildman–Crippen MR) is 65.3 cm³/mol. The molecule has 7 heteroatoms. The number of esters is 1. The molecule has 0 amide bonds. The first kappa shape index (κ1) is 14.4. The van der Waals surface area contributed by atoms with E-state index in [0.29, 0.717) is 25.0 Å². The summed E-state index contributed by atoms with van der Waals surface area (Å²) in [5.41, 5.74) is -1.94. The summed E-state index contributed by atoms with van der Waals surface area (Å²) >= 11 is 0. The number of hydrogen-bond donors (Lipinski definition) is 0. The summed E-state index contributed by atoms with van der Waals surface area (Å²) in [6, 6.07) is 1.38. The number of nitrogens with zero attached hydrogens (tertiary/aromatic N) is 1. The molecule has 5 nitrogen and oxygen atoms in total. The topological polar surface area (TPSA) is 69.4 Å². The first-order valence-corrected chi connectivity index (χ1v) is 6.34. The standard InChI is InChI=1S/C13H13F2NO4/c14-9-6-7-10(16(18)19)12(15)11(9)13(17)20-8-4-2-1-3-5-8/h6-8H,1-5H2. The monoisotopic (exact) mass is 285 g/mol. The van der Waals surface area contributed by atoms with Crippen molar-refractivity contribution in [3.8, 4) is 0 Å². The summed E-state index contributed by atoms with van der Waals surface area (Å²) in [4.78, 5) is 21.4. The summed E-state index contributed by atoms with van der Waals surface area (Å²) in [6.45, 7) is 0. The molecule has 1 aliphatic rings. The third-order valence-corrected chi connectivity index (χ3v) is 3.30. The normalized spacial score (nSPS) is 15.9. The minimum atomic E-state index is -1.49. The number of hydrogen-bond acceptors (Lipinski definition) is 4. The van der Waals surface area contributed by atoms with E-state index in [1.165, 1.54) is 0 Å². The van der Waals surface area contributed by atoms with E-state index in [0.717, 1.165) is 19.3 Å². The van der Waals surface area contributed by atoms with Gasteiger partial charge in [0.1, 0.15) is 17.5 Å². The van der Waals surface area contributed by atoms with E-state index in [2.05, 4.69) is 0 Å². The number of halogens is 2. The van der Waals surface area contributed by atoms with Crippen LogP contribution in [-0.4, -0.2) is 17.0 Å². The summed E-state index contributed by atoms with van der Waals surface area (Å²) < 4.78 is 32.4. The molecule has 0 radical (unpaired) electrons. The third-order valence-electron chi connectivity index (χ3n) is 3.30. The van der Waals surface area contributed by atoms with E-state index in [1.807, 2.05) is 0 Å². The highest BCUT2D eigenvalue weighted by atomic mass is 19.1. The van der Waals surface area contributed by atoms with Gasteiger partial charge in [0.25, 0.3) is 0 Å². The second-order valence-corrected chi connectivity index (χ2v) is 4.68. The van der Waals surface area contributed by atoms with Crippen LogP contribution >= 0.6 is 0 Å². The lowest BCUT2D eigenvalue weighted by atomic mass is 9.98. The van der Waals surface area contributed by atoms with Gasteiger partial charge in [0.05, 0.1) is 4.92 Å². The zero-order valence-electron chi connectivity index (χ0n) is 10.6. The van der Waals surface area contributed by atoms with Crippen molar-refractivity contribution in [1.82, 2.24) is 0 Å². The fourth-order valence-electron chi connectivity index (χ4n) is 2.26. The fourth-order valence-corrected chi connectivity index (χ4v) is 2.26. The van der Waals surface area contributed by atoms with Gasteiger partial charge < -0.3 is 4.74 Å². The average Bonchev–Trinajstić information content (AvgIpc) is 2.39. The van der Waals surface area contributed by atoms with Crippen LogP contribution in [0.4, 0.5) is 14.5 Å². The number of rotatable bonds is 3. The van der Waals surface area contributed by atoms with Crippen molar-refractivity contribution in [1.29, 1.82) is 0 Å². The minimum absolute atomic E-state index is 0.380. The molecular weight excluding hydrogens is 272 g/mol. The number of nitro benzene ring substituents is 1. The molecule has 0 bridgehead atoms. The summed E-state index contributed by atoms with van der Waals surface area (Å²) in [5.74, 6) is -3.83. The molecule has 0 N–H and O–H groups in total. The van der Waals surface area contributed by atoms with Gasteiger partial charge >= 0.3 is 11.7 Å². The molecule has 1 aromatic rings. The molecule has 0 spiro atoms. The number of benzene rings is 1. The van der Waals surface area contributed by atoms with Gasteiger partial charge in [-0.15, -0.1) is 0 Å². The lowest BCUT2D eigenvalue weighted by Gasteiger charge is -2.21. The van der Waals surface area contributed by atoms with E-state index in [-0.39, 0.29) is 6.10 Å². The molecular formula is C13H13F2NO4. The minimum Gasteiger partial charge on any atom is -0.459 e. The van der Waals surface area contributed by atoms with E-state index < -0.39 is 33.8 Å². The molecule has 108 valence electrons. The summed E-state index contributed by atoms with van der Waals surface area (Å²) in [7, 11) is 0. The Kier molecular flexibility index (Phi) is 4.26. The second-order valence-electron chi connectivity index (χ2n) is 4.68. The molecule has 0 atom stereocenters. The molecule has 1 saturated carbocycles. The lowest BCUT2D eigenvalue weighted by Crippen LogP contribution is -2.22. The molecule has 0 aromatic heterocycles. The Morgan fingerprint density at radius 3 is 2.50 bits per heavy atom. The summed E-state index contributed by atoms with van der Waals surface area (Å²) in [6.07, 6.45) is 3.71. The highest BCUT2D eigenvalue weighted by Gasteiger charge is 2.29. The first-order valence-electron chi connectivity index (χ1n) is 6.34. The molecule has 0 saturated heterocycles. The fraction of sp³-hybridized carbons (Fsp3) is 0.462. The molecule has 0 unspecified atom stereocenters. The van der Waals surface area contributed by atoms with Crippen molar-refractivity contribution in [3.05, 3.63) is 39.4 Å². The Balaban J connectivity index is 2.24. The highest BCUT2D eigenvalue weighted by Crippen LogP contribution is 2.26. The second kappa shape index (κ2) is 5.94. The Labute approximate surface area is 113 Å². The average molecular weight is 285 g/mol. The quantitative estimate of drug-likeness (QED) is 0.485. The van der Waals surface area contributed by atoms with Gasteiger partial charge in [0.2, 0.25) is 5.82 Å². The molecule has 1 fully saturated rings. The van der Waals surface area contributed by atoms with Crippen LogP contribution in [0.2, 0.25) is 0 Å². The van der Waals surface area contributed by atoms with Gasteiger partial charge in [-0.1, -0.05) is 6.42 Å². The predicted octanol–water partition coefficient (Wildman–Crippen LogP) is 3.36. The molecule has 2 rings (SSSR count). The van der Waals surface area contributed by atoms with Gasteiger partial charge in [0.15, 0.2) is 0 Å². The maximum Gasteiger partial charge on any atom is 0.344 e. The molecule has 0 heterocycles. The van der Waals surface area contributed by atoms with Crippen LogP contribution in [0.1, 0.15) is 42.5 Å². The van der Waals surface area contributed by atoms with Crippen LogP contribution in [0, 0.1) is 21.7 Å². The van der Waals surface area contributed by atoms with Gasteiger partial charge in [-0.25, -0.2) is 9.18 Å². The largest absolute Gasteiger partial charge is 0.459 e. The van der Waals surface area contributed by atoms with Crippen LogP contribution < -0.4 is 0 Å². The zero-order valence-corrected chi connectivity index (χ0v) is 10.6. The number of ether oxygens (including phenoxy) is 1. The van der Waals surface area contributed by atoms with Gasteiger partial charge in [-0.05, 0) is 31.7 Å². The van der Waals surface area contributed by atoms with Crippen molar-refractivity contribution >= 4 is 11.7 Å². The van der Waals surface area contributed by atoms with Gasteiger partial charge in [-0.2, -0.15) is 4.39 Å². The lowest BCUT2D eigenvalue weighted by molar-refractivity contribution is -0.387. The molecule has 0 aliphatic heterocycles. The third kappa shape index (κ3) is 2.92. The van der Waals surface area contributed by atoms with Crippen molar-refractivity contribution in [3.63, 3.8) is 0 Å². The van der Waals surface area contributed by atoms with Gasteiger partial charge in [-0.3, -0.25) is 10.1 Å². The van der Waals surface area contributed by atoms with Crippen LogP contribution in [0.25, 0.3) is 0 Å². The van der Waals surface area contributed by atoms with Crippen molar-refractivity contribution in [2.45, 2.75) is 38.2 Å². The number of carbonyl (C=O) groups excluding carboxylic acids is 1. The maximum absolute atomic E-state index is 13.8. The smallest absolute Gasteiger partial charge is 0.344 e. The Hall–Kier alpha value is -2.05. The first-order chi connectivity index (χ1) is 9.50. The SMILES string of the molecule is O=C(OC1CCCCC1)c1c(F)ccc([N+](=O)[O-])c1F. The van der Waals surface area contributed by atoms with Gasteiger partial charge in [0, 0.05) is 6.07 Å². The van der Waals surface area contributed by atoms with E-state index in [1.54, 1.807) is 0 Å². The Morgan fingerprint density at radius 1 is 1.25 bits per heavy atom. The van der Waals surface area contributed by atoms with Crippen LogP contribution in [0.3, 0.4) is 0 Å². The summed E-state index contributed by atoms with van der Waals surface area (Å²) in [5, 5.41) is 10.6. The Morgan fingerprint density at radius 2 is 1.90 bits per heavy atom. The van der Waals surface area contributed by atoms with E-state index in [4.69, 9.17) is 4.74 Å². The Bertz CT molecular complexity index is 541. The highest BCUT2D eigenvalue weighted by molar-refractivity contribution is 5.91. The number of nitro groups is 1. The molecule has 1 aliphatic carbocycles. The van der Waals surface area contributed by atoms with Crippen molar-refractivity contribution in [2.24, 2.45) is 0 Å².